The molecular weight excluding hydrogens is 406 g/mol. The molecule has 0 aromatic heterocycles. The van der Waals surface area contributed by atoms with E-state index in [2.05, 4.69) is 47.7 Å². The molecule has 0 aliphatic heterocycles. The summed E-state index contributed by atoms with van der Waals surface area (Å²) < 4.78 is 9.18. The highest BCUT2D eigenvalue weighted by atomic mass is 16.5. The van der Waals surface area contributed by atoms with Gasteiger partial charge in [0.05, 0.1) is 20.6 Å². The van der Waals surface area contributed by atoms with E-state index in [0.717, 1.165) is 12.0 Å². The molecule has 0 bridgehead atoms. The zero-order valence-electron chi connectivity index (χ0n) is 20.4. The lowest BCUT2D eigenvalue weighted by molar-refractivity contribution is -0.150. The van der Waals surface area contributed by atoms with Crippen LogP contribution in [0.25, 0.3) is 0 Å². The number of hydrogen-bond acceptors (Lipinski definition) is 5. The Balaban J connectivity index is 2.76. The number of rotatable bonds is 9. The maximum Gasteiger partial charge on any atom is 0.328 e. The highest BCUT2D eigenvalue weighted by Gasteiger charge is 2.26. The van der Waals surface area contributed by atoms with Gasteiger partial charge in [-0.05, 0) is 56.6 Å². The number of hydrogen-bond donors (Lipinski definition) is 1. The maximum absolute atomic E-state index is 12.2. The number of methoxy groups -OCH3 is 2. The van der Waals surface area contributed by atoms with Gasteiger partial charge in [0.25, 0.3) is 0 Å². The zero-order valence-corrected chi connectivity index (χ0v) is 20.4. The Kier molecular flexibility index (Phi) is 10.9. The molecule has 0 saturated carbocycles. The molecule has 0 heterocycles. The average molecular weight is 444 g/mol. The van der Waals surface area contributed by atoms with Crippen LogP contribution >= 0.6 is 0 Å². The van der Waals surface area contributed by atoms with Crippen LogP contribution in [0.3, 0.4) is 0 Å². The van der Waals surface area contributed by atoms with Crippen molar-refractivity contribution in [3.63, 3.8) is 0 Å². The first kappa shape index (κ1) is 27.1. The zero-order chi connectivity index (χ0) is 24.3. The van der Waals surface area contributed by atoms with Gasteiger partial charge in [-0.2, -0.15) is 0 Å². The second-order valence-corrected chi connectivity index (χ2v) is 8.79. The molecule has 1 rings (SSSR count). The SMILES string of the molecule is COC(=O)C[C@H](NC(=O)/C=C(C)/C=C/C=C(C)/C=C/C1=C(C)CCCC1(C)C)C(=O)OC. The molecule has 0 unspecified atom stereocenters. The molecule has 1 aliphatic rings. The highest BCUT2D eigenvalue weighted by Crippen LogP contribution is 2.40. The van der Waals surface area contributed by atoms with Crippen LogP contribution in [0.2, 0.25) is 0 Å². The summed E-state index contributed by atoms with van der Waals surface area (Å²) in [5, 5.41) is 2.48. The largest absolute Gasteiger partial charge is 0.469 e. The predicted molar refractivity (Wildman–Crippen MR) is 127 cm³/mol. The van der Waals surface area contributed by atoms with Crippen LogP contribution in [0.1, 0.15) is 60.3 Å². The summed E-state index contributed by atoms with van der Waals surface area (Å²) in [6.45, 7) is 10.6. The smallest absolute Gasteiger partial charge is 0.328 e. The van der Waals surface area contributed by atoms with Gasteiger partial charge in [0, 0.05) is 6.08 Å². The van der Waals surface area contributed by atoms with E-state index in [1.54, 1.807) is 13.0 Å². The lowest BCUT2D eigenvalue weighted by Gasteiger charge is -2.32. The minimum Gasteiger partial charge on any atom is -0.469 e. The van der Waals surface area contributed by atoms with E-state index in [1.807, 2.05) is 19.1 Å². The lowest BCUT2D eigenvalue weighted by Crippen LogP contribution is -2.42. The van der Waals surface area contributed by atoms with Gasteiger partial charge in [-0.3, -0.25) is 9.59 Å². The van der Waals surface area contributed by atoms with Crippen LogP contribution in [0, 0.1) is 5.41 Å². The number of carbonyl (C=O) groups excluding carboxylic acids is 3. The molecule has 1 atom stereocenters. The number of allylic oxidation sites excluding steroid dienone is 9. The fourth-order valence-corrected chi connectivity index (χ4v) is 3.69. The topological polar surface area (TPSA) is 81.7 Å². The minimum absolute atomic E-state index is 0.206. The third-order valence-corrected chi connectivity index (χ3v) is 5.53. The van der Waals surface area contributed by atoms with Gasteiger partial charge in [0.15, 0.2) is 0 Å². The van der Waals surface area contributed by atoms with Gasteiger partial charge in [-0.15, -0.1) is 0 Å². The van der Waals surface area contributed by atoms with Gasteiger partial charge in [-0.25, -0.2) is 4.79 Å². The molecule has 1 amide bonds. The van der Waals surface area contributed by atoms with Crippen molar-refractivity contribution in [1.82, 2.24) is 5.32 Å². The van der Waals surface area contributed by atoms with Gasteiger partial charge >= 0.3 is 11.9 Å². The van der Waals surface area contributed by atoms with Crippen LogP contribution in [0.5, 0.6) is 0 Å². The van der Waals surface area contributed by atoms with Crippen molar-refractivity contribution in [3.8, 4) is 0 Å². The van der Waals surface area contributed by atoms with Crippen molar-refractivity contribution >= 4 is 17.8 Å². The van der Waals surface area contributed by atoms with Crippen molar-refractivity contribution in [2.24, 2.45) is 5.41 Å². The summed E-state index contributed by atoms with van der Waals surface area (Å²) in [5.41, 5.74) is 4.88. The molecule has 176 valence electrons. The summed E-state index contributed by atoms with van der Waals surface area (Å²) >= 11 is 0. The van der Waals surface area contributed by atoms with Crippen LogP contribution < -0.4 is 5.32 Å². The van der Waals surface area contributed by atoms with Crippen LogP contribution in [0.15, 0.2) is 58.7 Å². The normalized spacial score (nSPS) is 18.1. The van der Waals surface area contributed by atoms with Crippen molar-refractivity contribution in [2.45, 2.75) is 66.3 Å². The van der Waals surface area contributed by atoms with Gasteiger partial charge < -0.3 is 14.8 Å². The van der Waals surface area contributed by atoms with Crippen molar-refractivity contribution in [1.29, 1.82) is 0 Å². The number of amides is 1. The Morgan fingerprint density at radius 2 is 1.78 bits per heavy atom. The summed E-state index contributed by atoms with van der Waals surface area (Å²) in [4.78, 5) is 35.4. The van der Waals surface area contributed by atoms with Crippen LogP contribution in [0.4, 0.5) is 0 Å². The molecule has 6 heteroatoms. The Morgan fingerprint density at radius 1 is 1.09 bits per heavy atom. The molecule has 0 aromatic rings. The summed E-state index contributed by atoms with van der Waals surface area (Å²) in [6.07, 6.45) is 14.7. The highest BCUT2D eigenvalue weighted by molar-refractivity contribution is 5.93. The predicted octanol–water partition coefficient (Wildman–Crippen LogP) is 4.74. The summed E-state index contributed by atoms with van der Waals surface area (Å²) in [6, 6.07) is -1.10. The molecule has 6 nitrogen and oxygen atoms in total. The first-order valence-electron chi connectivity index (χ1n) is 10.9. The summed E-state index contributed by atoms with van der Waals surface area (Å²) in [5.74, 6) is -1.81. The van der Waals surface area contributed by atoms with E-state index >= 15 is 0 Å². The van der Waals surface area contributed by atoms with E-state index in [9.17, 15) is 14.4 Å². The fraction of sp³-hybridized carbons (Fsp3) is 0.500. The molecule has 0 spiro atoms. The Labute approximate surface area is 192 Å². The molecule has 32 heavy (non-hydrogen) atoms. The third kappa shape index (κ3) is 9.08. The minimum atomic E-state index is -1.10. The summed E-state index contributed by atoms with van der Waals surface area (Å²) in [7, 11) is 2.41. The fourth-order valence-electron chi connectivity index (χ4n) is 3.69. The van der Waals surface area contributed by atoms with Crippen molar-refractivity contribution < 1.29 is 23.9 Å². The van der Waals surface area contributed by atoms with Crippen molar-refractivity contribution in [2.75, 3.05) is 14.2 Å². The molecule has 1 aliphatic carbocycles. The first-order valence-corrected chi connectivity index (χ1v) is 10.9. The van der Waals surface area contributed by atoms with Gasteiger partial charge in [-0.1, -0.05) is 55.4 Å². The van der Waals surface area contributed by atoms with E-state index in [4.69, 9.17) is 0 Å². The van der Waals surface area contributed by atoms with E-state index in [0.29, 0.717) is 5.57 Å². The quantitative estimate of drug-likeness (QED) is 0.316. The molecule has 0 fully saturated rings. The second-order valence-electron chi connectivity index (χ2n) is 8.79. The van der Waals surface area contributed by atoms with E-state index in [-0.39, 0.29) is 11.8 Å². The average Bonchev–Trinajstić information content (AvgIpc) is 2.71. The number of ether oxygens (including phenoxy) is 2. The van der Waals surface area contributed by atoms with Crippen LogP contribution in [-0.4, -0.2) is 38.1 Å². The van der Waals surface area contributed by atoms with Crippen molar-refractivity contribution in [3.05, 3.63) is 58.7 Å². The van der Waals surface area contributed by atoms with Crippen LogP contribution in [-0.2, 0) is 23.9 Å². The number of esters is 2. The lowest BCUT2D eigenvalue weighted by atomic mass is 9.72. The Morgan fingerprint density at radius 3 is 2.38 bits per heavy atom. The molecular formula is C26H37NO5. The van der Waals surface area contributed by atoms with E-state index in [1.165, 1.54) is 44.3 Å². The second kappa shape index (κ2) is 12.8. The Hall–Kier alpha value is -2.89. The molecule has 1 N–H and O–H groups in total. The Bertz CT molecular complexity index is 855. The maximum atomic E-state index is 12.2. The number of carbonyl (C=O) groups is 3. The van der Waals surface area contributed by atoms with E-state index < -0.39 is 23.9 Å². The van der Waals surface area contributed by atoms with Gasteiger partial charge in [0.2, 0.25) is 5.91 Å². The molecule has 0 radical (unpaired) electrons. The number of nitrogens with one attached hydrogen (secondary N) is 1. The standard InChI is InChI=1S/C26H37NO5/c1-18(13-14-21-20(3)12-9-15-26(21,4)5)10-8-11-19(2)16-23(28)27-22(25(30)32-7)17-24(29)31-6/h8,10-11,13-14,16,22H,9,12,15,17H2,1-7H3,(H,27,28)/b11-8+,14-13+,18-10+,19-16+/t22-/m0/s1. The molecule has 0 saturated heterocycles. The molecule has 0 aromatic carbocycles. The van der Waals surface area contributed by atoms with Gasteiger partial charge in [0.1, 0.15) is 6.04 Å². The third-order valence-electron chi connectivity index (χ3n) is 5.53. The first-order chi connectivity index (χ1) is 15.0. The monoisotopic (exact) mass is 443 g/mol.